The molecule has 22 N–H and O–H groups in total. The predicted molar refractivity (Wildman–Crippen MR) is 358 cm³/mol. The summed E-state index contributed by atoms with van der Waals surface area (Å²) < 4.78 is 0. The third-order valence-corrected chi connectivity index (χ3v) is 17.6. The molecule has 88 heavy (non-hydrogen) atoms. The van der Waals surface area contributed by atoms with Crippen LogP contribution in [-0.4, -0.2) is 181 Å². The number of hydrogen-bond donors (Lipinski definition) is 16. The third-order valence-electron chi connectivity index (χ3n) is 15.3. The molecule has 26 heteroatoms. The van der Waals surface area contributed by atoms with Gasteiger partial charge in [-0.1, -0.05) is 142 Å². The summed E-state index contributed by atoms with van der Waals surface area (Å²) in [7, 11) is 0. The van der Waals surface area contributed by atoms with Gasteiger partial charge >= 0.3 is 0 Å². The minimum Gasteiger partial charge on any atom is -0.394 e. The van der Waals surface area contributed by atoms with Gasteiger partial charge in [0.1, 0.15) is 24.2 Å². The molecule has 0 fully saturated rings. The SMILES string of the molecule is CCCCCCCCCCCCNC(=O)[C@H](CO)NC(=O)C(CSCCSCC(NC(=O)C(N)CCCCNC(=O)C(N)CCCCN)C(=O)N[C@@H](CO)C(=O)NCCCCCCCCCCCC)NC(=O)C(N)CCCCNC(=O)C(N)CCCCN. The molecular formula is C62H124N14O10S2. The van der Waals surface area contributed by atoms with Crippen molar-refractivity contribution in [1.29, 1.82) is 0 Å². The second-order valence-corrected chi connectivity index (χ2v) is 25.6. The molecule has 0 aromatic heterocycles. The summed E-state index contributed by atoms with van der Waals surface area (Å²) in [5.41, 5.74) is 35.7. The zero-order valence-corrected chi connectivity index (χ0v) is 55.8. The fourth-order valence-corrected chi connectivity index (χ4v) is 11.7. The molecule has 514 valence electrons. The Morgan fingerprint density at radius 2 is 0.568 bits per heavy atom. The summed E-state index contributed by atoms with van der Waals surface area (Å²) in [4.78, 5) is 106. The molecule has 0 spiro atoms. The van der Waals surface area contributed by atoms with Gasteiger partial charge in [0.25, 0.3) is 0 Å². The molecule has 0 aliphatic carbocycles. The van der Waals surface area contributed by atoms with Crippen molar-refractivity contribution in [2.24, 2.45) is 34.4 Å². The topological polar surface area (TPSA) is 429 Å². The lowest BCUT2D eigenvalue weighted by molar-refractivity contribution is -0.132. The van der Waals surface area contributed by atoms with Crippen molar-refractivity contribution in [3.05, 3.63) is 0 Å². The highest BCUT2D eigenvalue weighted by atomic mass is 32.2. The number of hydrogen-bond acceptors (Lipinski definition) is 18. The predicted octanol–water partition coefficient (Wildman–Crippen LogP) is 2.59. The third kappa shape index (κ3) is 45.4. The summed E-state index contributed by atoms with van der Waals surface area (Å²) in [5, 5.41) is 42.4. The van der Waals surface area contributed by atoms with Gasteiger partial charge in [0.05, 0.1) is 37.4 Å². The highest BCUT2D eigenvalue weighted by molar-refractivity contribution is 8.03. The molecule has 8 amide bonds. The fourth-order valence-electron chi connectivity index (χ4n) is 9.48. The Labute approximate surface area is 537 Å². The van der Waals surface area contributed by atoms with Gasteiger partial charge in [-0.3, -0.25) is 38.4 Å². The van der Waals surface area contributed by atoms with Crippen molar-refractivity contribution in [1.82, 2.24) is 42.5 Å². The quantitative estimate of drug-likeness (QED) is 0.0389. The number of amides is 8. The van der Waals surface area contributed by atoms with E-state index in [2.05, 4.69) is 56.4 Å². The fraction of sp³-hybridized carbons (Fsp3) is 0.871. The molecule has 0 saturated heterocycles. The van der Waals surface area contributed by atoms with Crippen LogP contribution in [0, 0.1) is 0 Å². The Balaban J connectivity index is 5.90. The van der Waals surface area contributed by atoms with Crippen molar-refractivity contribution >= 4 is 70.8 Å². The number of rotatable bonds is 61. The van der Waals surface area contributed by atoms with E-state index in [-0.39, 0.29) is 36.2 Å². The second kappa shape index (κ2) is 58.2. The van der Waals surface area contributed by atoms with E-state index >= 15 is 0 Å². The summed E-state index contributed by atoms with van der Waals surface area (Å²) in [6.45, 7) is 5.51. The number of carbonyl (C=O) groups excluding carboxylic acids is 8. The highest BCUT2D eigenvalue weighted by Crippen LogP contribution is 2.15. The van der Waals surface area contributed by atoms with Gasteiger partial charge in [0, 0.05) is 49.2 Å². The second-order valence-electron chi connectivity index (χ2n) is 23.3. The minimum atomic E-state index is -1.28. The van der Waals surface area contributed by atoms with Gasteiger partial charge in [-0.05, 0) is 90.1 Å². The molecule has 0 heterocycles. The van der Waals surface area contributed by atoms with Crippen molar-refractivity contribution in [3.63, 3.8) is 0 Å². The average molecular weight is 1290 g/mol. The smallest absolute Gasteiger partial charge is 0.244 e. The van der Waals surface area contributed by atoms with Crippen LogP contribution in [0.3, 0.4) is 0 Å². The Hall–Kier alpha value is -3.86. The summed E-state index contributed by atoms with van der Waals surface area (Å²) in [6.07, 6.45) is 29.1. The van der Waals surface area contributed by atoms with Crippen LogP contribution in [0.2, 0.25) is 0 Å². The first-order valence-corrected chi connectivity index (χ1v) is 35.9. The van der Waals surface area contributed by atoms with Crippen LogP contribution in [0.15, 0.2) is 0 Å². The van der Waals surface area contributed by atoms with Crippen LogP contribution in [0.4, 0.5) is 0 Å². The lowest BCUT2D eigenvalue weighted by Gasteiger charge is -2.24. The van der Waals surface area contributed by atoms with Gasteiger partial charge in [0.15, 0.2) is 0 Å². The van der Waals surface area contributed by atoms with Gasteiger partial charge in [-0.25, -0.2) is 0 Å². The van der Waals surface area contributed by atoms with E-state index in [0.29, 0.717) is 89.3 Å². The number of thioether (sulfide) groups is 2. The number of unbranched alkanes of at least 4 members (excludes halogenated alkanes) is 22. The van der Waals surface area contributed by atoms with Gasteiger partial charge in [0.2, 0.25) is 47.3 Å². The van der Waals surface area contributed by atoms with Crippen LogP contribution >= 0.6 is 23.5 Å². The van der Waals surface area contributed by atoms with Crippen LogP contribution in [0.5, 0.6) is 0 Å². The molecule has 0 saturated carbocycles. The Bertz CT molecular complexity index is 1710. The first-order chi connectivity index (χ1) is 42.5. The standard InChI is InChI=1S/C62H124N14O10S2/c1-3-5-7-9-11-13-15-17-19-27-37-71-59(83)51(43-77)73-61(85)53(75-57(81)49(67)33-23-29-39-69-55(79)47(65)31-21-25-35-63)45-87-41-42-88-46-54(76-58(82)50(68)34-24-30-40-70-56(80)48(66)32-22-26-36-64)62(86)74-52(44-78)60(84)72-38-28-20-18-16-14-12-10-8-6-4-2/h47-54,77-78H,3-46,63-68H2,1-2H3,(H,69,79)(H,70,80)(H,71,83)(H,72,84)(H,73,85)(H,74,86)(H,75,81)(H,76,82)/t47?,48?,49?,50?,51-,52-,53?,54?/m0/s1. The van der Waals surface area contributed by atoms with E-state index < -0.39 is 97.0 Å². The van der Waals surface area contributed by atoms with Gasteiger partial charge in [-0.2, -0.15) is 23.5 Å². The normalized spacial score (nSPS) is 14.1. The van der Waals surface area contributed by atoms with Gasteiger partial charge in [-0.15, -0.1) is 0 Å². The molecule has 0 bridgehead atoms. The van der Waals surface area contributed by atoms with Gasteiger partial charge < -0.3 is 87.1 Å². The van der Waals surface area contributed by atoms with Crippen LogP contribution in [0.25, 0.3) is 0 Å². The Kier molecular flexibility index (Phi) is 55.7. The highest BCUT2D eigenvalue weighted by Gasteiger charge is 2.30. The Morgan fingerprint density at radius 1 is 0.318 bits per heavy atom. The van der Waals surface area contributed by atoms with Crippen LogP contribution in [0.1, 0.15) is 219 Å². The molecular weight excluding hydrogens is 1160 g/mol. The van der Waals surface area contributed by atoms with Crippen molar-refractivity contribution in [2.75, 3.05) is 75.5 Å². The average Bonchev–Trinajstić information content (AvgIpc) is 3.71. The zero-order valence-electron chi connectivity index (χ0n) is 54.2. The molecule has 0 aliphatic rings. The van der Waals surface area contributed by atoms with E-state index in [9.17, 15) is 48.6 Å². The maximum Gasteiger partial charge on any atom is 0.244 e. The minimum absolute atomic E-state index is 0.0357. The van der Waals surface area contributed by atoms with E-state index in [1.54, 1.807) is 0 Å². The number of nitrogens with one attached hydrogen (secondary N) is 8. The zero-order chi connectivity index (χ0) is 65.4. The van der Waals surface area contributed by atoms with Crippen molar-refractivity contribution in [2.45, 2.75) is 268 Å². The maximum atomic E-state index is 13.9. The van der Waals surface area contributed by atoms with Crippen molar-refractivity contribution < 1.29 is 48.6 Å². The van der Waals surface area contributed by atoms with E-state index in [4.69, 9.17) is 34.4 Å². The molecule has 0 radical (unpaired) electrons. The Morgan fingerprint density at radius 3 is 0.864 bits per heavy atom. The lowest BCUT2D eigenvalue weighted by atomic mass is 10.1. The number of aliphatic hydroxyl groups is 2. The van der Waals surface area contributed by atoms with Crippen molar-refractivity contribution in [3.8, 4) is 0 Å². The molecule has 8 atom stereocenters. The molecule has 24 nitrogen and oxygen atoms in total. The van der Waals surface area contributed by atoms with E-state index in [1.807, 2.05) is 0 Å². The number of carbonyl (C=O) groups is 8. The van der Waals surface area contributed by atoms with Crippen LogP contribution < -0.4 is 76.9 Å². The lowest BCUT2D eigenvalue weighted by Crippen LogP contribution is -2.57. The number of aliphatic hydroxyl groups excluding tert-OH is 2. The summed E-state index contributed by atoms with van der Waals surface area (Å²) in [6, 6.07) is -8.23. The summed E-state index contributed by atoms with van der Waals surface area (Å²) >= 11 is 2.60. The van der Waals surface area contributed by atoms with Crippen LogP contribution in [-0.2, 0) is 38.4 Å². The molecule has 6 unspecified atom stereocenters. The first kappa shape index (κ1) is 84.1. The number of nitrogens with two attached hydrogens (primary N) is 6. The molecule has 0 rings (SSSR count). The molecule has 0 aromatic rings. The maximum absolute atomic E-state index is 13.9. The molecule has 0 aromatic carbocycles. The van der Waals surface area contributed by atoms with E-state index in [1.165, 1.54) is 101 Å². The summed E-state index contributed by atoms with van der Waals surface area (Å²) in [5.74, 6) is -3.42. The monoisotopic (exact) mass is 1290 g/mol. The largest absolute Gasteiger partial charge is 0.394 e. The van der Waals surface area contributed by atoms with E-state index in [0.717, 1.165) is 77.0 Å². The first-order valence-electron chi connectivity index (χ1n) is 33.6. The molecule has 0 aliphatic heterocycles.